The number of piperidine rings is 2. The maximum Gasteiger partial charge on any atom is 0.418 e. The molecule has 2 amide bonds. The van der Waals surface area contributed by atoms with Gasteiger partial charge in [-0.05, 0) is 69.9 Å². The van der Waals surface area contributed by atoms with Crippen LogP contribution in [-0.4, -0.2) is 90.1 Å². The van der Waals surface area contributed by atoms with Gasteiger partial charge in [0, 0.05) is 65.0 Å². The first kappa shape index (κ1) is 47.8. The van der Waals surface area contributed by atoms with Crippen molar-refractivity contribution in [2.24, 2.45) is 0 Å². The van der Waals surface area contributed by atoms with Crippen molar-refractivity contribution in [3.63, 3.8) is 0 Å². The predicted octanol–water partition coefficient (Wildman–Crippen LogP) is 9.55. The highest BCUT2D eigenvalue weighted by Crippen LogP contribution is 2.41. The van der Waals surface area contributed by atoms with Crippen molar-refractivity contribution in [1.29, 1.82) is 0 Å². The number of thiophene rings is 2. The van der Waals surface area contributed by atoms with E-state index < -0.39 is 81.8 Å². The molecule has 0 bridgehead atoms. The molecule has 6 rings (SSSR count). The number of likely N-dealkylation sites (tertiary alicyclic amines) is 2. The zero-order valence-electron chi connectivity index (χ0n) is 34.2. The summed E-state index contributed by atoms with van der Waals surface area (Å²) in [5.74, 6) is -3.58. The SMILES string of the molecule is CCC[C@H]1N(C(=O)c2cnccc2C(F)(F)F)CCC[C@@]1(Oc1csc(C)c1)C(=O)O.CCC[C@H]1N(C(=O)c2ncccc2C(F)(F)F)CCC[C@@]1(Oc1csc(C)c1)C(=O)O. The topological polar surface area (TPSA) is 159 Å². The first-order valence-corrected chi connectivity index (χ1v) is 21.6. The number of carboxylic acid groups (broad SMARTS) is 2. The minimum Gasteiger partial charge on any atom is -0.478 e. The summed E-state index contributed by atoms with van der Waals surface area (Å²) in [6, 6.07) is 4.21. The molecule has 336 valence electrons. The molecule has 0 unspecified atom stereocenters. The third kappa shape index (κ3) is 10.2. The molecule has 2 saturated heterocycles. The maximum atomic E-state index is 13.5. The van der Waals surface area contributed by atoms with Gasteiger partial charge in [-0.3, -0.25) is 19.6 Å². The van der Waals surface area contributed by atoms with Crippen molar-refractivity contribution in [2.75, 3.05) is 13.1 Å². The number of hydrogen-bond donors (Lipinski definition) is 2. The summed E-state index contributed by atoms with van der Waals surface area (Å²) in [6.07, 6.45) is -4.12. The number of nitrogens with zero attached hydrogens (tertiary/aromatic N) is 4. The van der Waals surface area contributed by atoms with Crippen LogP contribution >= 0.6 is 22.7 Å². The second-order valence-electron chi connectivity index (χ2n) is 15.0. The Morgan fingerprint density at radius 1 is 0.758 bits per heavy atom. The van der Waals surface area contributed by atoms with E-state index in [1.807, 2.05) is 27.7 Å². The van der Waals surface area contributed by atoms with Crippen LogP contribution < -0.4 is 9.47 Å². The quantitative estimate of drug-likeness (QED) is 0.131. The monoisotopic (exact) mass is 912 g/mol. The van der Waals surface area contributed by atoms with Gasteiger partial charge in [0.15, 0.2) is 0 Å². The van der Waals surface area contributed by atoms with Gasteiger partial charge in [-0.1, -0.05) is 26.7 Å². The van der Waals surface area contributed by atoms with E-state index in [1.54, 1.807) is 22.9 Å². The van der Waals surface area contributed by atoms with Crippen LogP contribution in [-0.2, 0) is 21.9 Å². The van der Waals surface area contributed by atoms with Crippen LogP contribution in [0.1, 0.15) is 107 Å². The molecule has 20 heteroatoms. The van der Waals surface area contributed by atoms with E-state index in [-0.39, 0.29) is 51.6 Å². The summed E-state index contributed by atoms with van der Waals surface area (Å²) < 4.78 is 92.8. The van der Waals surface area contributed by atoms with E-state index in [4.69, 9.17) is 9.47 Å². The van der Waals surface area contributed by atoms with Crippen molar-refractivity contribution < 1.29 is 65.2 Å². The molecule has 2 aliphatic rings. The fraction of sp³-hybridized carbons (Fsp3) is 0.476. The number of hydrogen-bond acceptors (Lipinski definition) is 10. The Bertz CT molecular complexity index is 2080. The van der Waals surface area contributed by atoms with Crippen molar-refractivity contribution in [2.45, 2.75) is 115 Å². The minimum atomic E-state index is -4.76. The highest BCUT2D eigenvalue weighted by atomic mass is 32.1. The fourth-order valence-corrected chi connectivity index (χ4v) is 9.29. The molecule has 0 spiro atoms. The highest BCUT2D eigenvalue weighted by Gasteiger charge is 2.56. The largest absolute Gasteiger partial charge is 0.478 e. The van der Waals surface area contributed by atoms with Gasteiger partial charge in [-0.25, -0.2) is 9.59 Å². The van der Waals surface area contributed by atoms with Crippen LogP contribution in [0.4, 0.5) is 26.3 Å². The smallest absolute Gasteiger partial charge is 0.418 e. The van der Waals surface area contributed by atoms with Crippen LogP contribution in [0, 0.1) is 13.8 Å². The molecule has 2 aliphatic heterocycles. The van der Waals surface area contributed by atoms with Gasteiger partial charge in [-0.2, -0.15) is 26.3 Å². The van der Waals surface area contributed by atoms with Gasteiger partial charge in [0.25, 0.3) is 11.8 Å². The Balaban J connectivity index is 0.000000234. The Morgan fingerprint density at radius 2 is 1.24 bits per heavy atom. The molecule has 0 aromatic carbocycles. The van der Waals surface area contributed by atoms with Gasteiger partial charge in [-0.15, -0.1) is 22.7 Å². The van der Waals surface area contributed by atoms with Gasteiger partial charge in [0.1, 0.15) is 17.2 Å². The second kappa shape index (κ2) is 19.4. The lowest BCUT2D eigenvalue weighted by Gasteiger charge is -2.47. The van der Waals surface area contributed by atoms with Crippen molar-refractivity contribution in [3.8, 4) is 11.5 Å². The fourth-order valence-electron chi connectivity index (χ4n) is 8.08. The average Bonchev–Trinajstić information content (AvgIpc) is 3.83. The summed E-state index contributed by atoms with van der Waals surface area (Å²) >= 11 is 2.79. The summed E-state index contributed by atoms with van der Waals surface area (Å²) in [6.45, 7) is 7.61. The number of aromatic nitrogens is 2. The van der Waals surface area contributed by atoms with E-state index in [1.165, 1.54) is 32.5 Å². The molecule has 12 nitrogen and oxygen atoms in total. The summed E-state index contributed by atoms with van der Waals surface area (Å²) in [5, 5.41) is 23.7. The van der Waals surface area contributed by atoms with Crippen LogP contribution in [0.5, 0.6) is 11.5 Å². The van der Waals surface area contributed by atoms with Crippen molar-refractivity contribution in [1.82, 2.24) is 19.8 Å². The van der Waals surface area contributed by atoms with Gasteiger partial charge >= 0.3 is 24.3 Å². The van der Waals surface area contributed by atoms with Gasteiger partial charge in [0.05, 0.1) is 28.8 Å². The van der Waals surface area contributed by atoms with Crippen LogP contribution in [0.2, 0.25) is 0 Å². The molecule has 62 heavy (non-hydrogen) atoms. The molecule has 4 aromatic heterocycles. The predicted molar refractivity (Wildman–Crippen MR) is 217 cm³/mol. The Kier molecular flexibility index (Phi) is 15.0. The lowest BCUT2D eigenvalue weighted by atomic mass is 9.81. The molecule has 4 aromatic rings. The van der Waals surface area contributed by atoms with Gasteiger partial charge < -0.3 is 29.5 Å². The number of aryl methyl sites for hydroxylation is 2. The first-order valence-electron chi connectivity index (χ1n) is 19.8. The number of carboxylic acids is 2. The van der Waals surface area contributed by atoms with Crippen molar-refractivity contribution in [3.05, 3.63) is 91.8 Å². The summed E-state index contributed by atoms with van der Waals surface area (Å²) in [5.41, 5.74) is -7.07. The van der Waals surface area contributed by atoms with Crippen LogP contribution in [0.3, 0.4) is 0 Å². The standard InChI is InChI=1S/2C21H23F3N2O4S/c1-3-6-16-20(19(28)29,30-14-11-13(2)31-12-14)8-5-10-26(16)18(27)17-15(21(22,23)24)7-4-9-25-17;1-3-5-17-20(19(28)29,30-14-10-13(2)31-12-14)7-4-9-26(17)18(27)15-11-25-8-6-16(15)21(22,23)24/h4,7,9,11-12,16H,3,5-6,8,10H2,1-2H3,(H,28,29);6,8,10-12,17H,3-5,7,9H2,1-2H3,(H,28,29)/t16-,20+;17-,20+/m11/s1. The maximum absolute atomic E-state index is 13.5. The second-order valence-corrected chi connectivity index (χ2v) is 17.2. The number of aliphatic carboxylic acids is 2. The third-order valence-corrected chi connectivity index (χ3v) is 12.5. The number of amides is 2. The number of rotatable bonds is 12. The molecule has 6 heterocycles. The normalized spacial score (nSPS) is 21.7. The molecule has 2 N–H and O–H groups in total. The zero-order chi connectivity index (χ0) is 45.6. The average molecular weight is 913 g/mol. The first-order chi connectivity index (χ1) is 29.2. The van der Waals surface area contributed by atoms with E-state index >= 15 is 0 Å². The Hall–Kier alpha value is -5.24. The number of alkyl halides is 6. The summed E-state index contributed by atoms with van der Waals surface area (Å²) in [7, 11) is 0. The van der Waals surface area contributed by atoms with E-state index in [0.29, 0.717) is 24.3 Å². The highest BCUT2D eigenvalue weighted by molar-refractivity contribution is 7.10. The molecular formula is C42H46F6N4O8S2. The Labute approximate surface area is 361 Å². The lowest BCUT2D eigenvalue weighted by Crippen LogP contribution is -2.65. The molecule has 0 saturated carbocycles. The summed E-state index contributed by atoms with van der Waals surface area (Å²) in [4.78, 5) is 63.0. The Morgan fingerprint density at radius 3 is 1.66 bits per heavy atom. The molecule has 4 atom stereocenters. The zero-order valence-corrected chi connectivity index (χ0v) is 35.8. The van der Waals surface area contributed by atoms with E-state index in [2.05, 4.69) is 9.97 Å². The number of pyridine rings is 2. The van der Waals surface area contributed by atoms with E-state index in [9.17, 15) is 55.7 Å². The number of ether oxygens (including phenoxy) is 2. The molecule has 2 fully saturated rings. The van der Waals surface area contributed by atoms with Crippen LogP contribution in [0.25, 0.3) is 0 Å². The molecule has 0 aliphatic carbocycles. The minimum absolute atomic E-state index is 0.123. The van der Waals surface area contributed by atoms with Crippen molar-refractivity contribution >= 4 is 46.4 Å². The number of carbonyl (C=O) groups is 4. The third-order valence-electron chi connectivity index (χ3n) is 10.8. The number of halogens is 6. The molecule has 0 radical (unpaired) electrons. The van der Waals surface area contributed by atoms with Gasteiger partial charge in [0.2, 0.25) is 11.2 Å². The lowest BCUT2D eigenvalue weighted by molar-refractivity contribution is -0.166. The van der Waals surface area contributed by atoms with Crippen LogP contribution in [0.15, 0.2) is 59.7 Å². The van der Waals surface area contributed by atoms with E-state index in [0.717, 1.165) is 46.5 Å². The number of carbonyl (C=O) groups excluding carboxylic acids is 2. The molecular weight excluding hydrogens is 867 g/mol.